The molecule has 0 atom stereocenters. The van der Waals surface area contributed by atoms with Crippen LogP contribution in [0, 0.1) is 0 Å². The fourth-order valence-corrected chi connectivity index (χ4v) is 2.51. The van der Waals surface area contributed by atoms with Crippen molar-refractivity contribution in [2.24, 2.45) is 0 Å². The molecule has 3 aromatic rings. The first-order valence-electron chi connectivity index (χ1n) is 7.37. The zero-order valence-corrected chi connectivity index (χ0v) is 13.1. The Morgan fingerprint density at radius 1 is 1.16 bits per heavy atom. The third kappa shape index (κ3) is 2.63. The van der Waals surface area contributed by atoms with Gasteiger partial charge in [0, 0.05) is 11.6 Å². The van der Waals surface area contributed by atoms with Crippen LogP contribution in [-0.2, 0) is 0 Å². The van der Waals surface area contributed by atoms with Crippen LogP contribution < -0.4 is 14.8 Å². The first-order valence-corrected chi connectivity index (χ1v) is 7.37. The highest BCUT2D eigenvalue weighted by atomic mass is 16.7. The SMILES string of the molecule is CC(=O)c1cc2c(cc1NC(=O)c1ncoc1-c1ccco1)OCO2. The number of oxazole rings is 1. The van der Waals surface area contributed by atoms with Crippen molar-refractivity contribution < 1.29 is 27.9 Å². The number of anilines is 1. The summed E-state index contributed by atoms with van der Waals surface area (Å²) in [4.78, 5) is 28.4. The van der Waals surface area contributed by atoms with Crippen molar-refractivity contribution in [3.05, 3.63) is 48.2 Å². The van der Waals surface area contributed by atoms with E-state index in [1.165, 1.54) is 19.3 Å². The summed E-state index contributed by atoms with van der Waals surface area (Å²) in [6.45, 7) is 1.47. The number of ether oxygens (including phenoxy) is 2. The fourth-order valence-electron chi connectivity index (χ4n) is 2.51. The summed E-state index contributed by atoms with van der Waals surface area (Å²) in [6, 6.07) is 6.41. The molecule has 1 aliphatic heterocycles. The number of furan rings is 1. The Morgan fingerprint density at radius 2 is 1.96 bits per heavy atom. The van der Waals surface area contributed by atoms with Crippen molar-refractivity contribution in [2.75, 3.05) is 12.1 Å². The number of aromatic nitrogens is 1. The van der Waals surface area contributed by atoms with Gasteiger partial charge in [0.15, 0.2) is 35.1 Å². The third-order valence-corrected chi connectivity index (χ3v) is 3.67. The number of benzene rings is 1. The summed E-state index contributed by atoms with van der Waals surface area (Å²) in [5.41, 5.74) is 0.651. The Labute approximate surface area is 141 Å². The van der Waals surface area contributed by atoms with Crippen LogP contribution in [0.4, 0.5) is 5.69 Å². The van der Waals surface area contributed by atoms with Gasteiger partial charge in [-0.05, 0) is 25.1 Å². The summed E-state index contributed by atoms with van der Waals surface area (Å²) in [7, 11) is 0. The number of carbonyl (C=O) groups excluding carboxylic acids is 2. The average molecular weight is 340 g/mol. The Bertz CT molecular complexity index is 958. The van der Waals surface area contributed by atoms with Gasteiger partial charge >= 0.3 is 0 Å². The molecule has 0 aliphatic carbocycles. The highest BCUT2D eigenvalue weighted by molar-refractivity contribution is 6.10. The number of rotatable bonds is 4. The van der Waals surface area contributed by atoms with E-state index in [4.69, 9.17) is 18.3 Å². The van der Waals surface area contributed by atoms with Gasteiger partial charge in [-0.15, -0.1) is 0 Å². The number of Topliss-reactive ketones (excluding diaryl/α,β-unsaturated/α-hetero) is 1. The van der Waals surface area contributed by atoms with Gasteiger partial charge in [-0.2, -0.15) is 0 Å². The monoisotopic (exact) mass is 340 g/mol. The smallest absolute Gasteiger partial charge is 0.278 e. The van der Waals surface area contributed by atoms with Gasteiger partial charge in [0.25, 0.3) is 5.91 Å². The minimum atomic E-state index is -0.540. The minimum Gasteiger partial charge on any atom is -0.461 e. The topological polar surface area (TPSA) is 104 Å². The predicted molar refractivity (Wildman–Crippen MR) is 84.7 cm³/mol. The molecule has 1 aromatic carbocycles. The van der Waals surface area contributed by atoms with E-state index in [1.807, 2.05) is 0 Å². The van der Waals surface area contributed by atoms with Crippen molar-refractivity contribution in [3.8, 4) is 23.0 Å². The standard InChI is InChI=1S/C17H12N2O6/c1-9(20)10-5-13-14(25-8-24-13)6-11(10)19-17(21)15-16(23-7-18-15)12-3-2-4-22-12/h2-7H,8H2,1H3,(H,19,21). The quantitative estimate of drug-likeness (QED) is 0.728. The Kier molecular flexibility index (Phi) is 3.50. The van der Waals surface area contributed by atoms with Crippen LogP contribution in [0.2, 0.25) is 0 Å². The molecule has 25 heavy (non-hydrogen) atoms. The number of fused-ring (bicyclic) bond motifs is 1. The number of hydrogen-bond donors (Lipinski definition) is 1. The molecule has 1 aliphatic rings. The van der Waals surface area contributed by atoms with Gasteiger partial charge in [0.1, 0.15) is 0 Å². The maximum absolute atomic E-state index is 12.6. The van der Waals surface area contributed by atoms with Gasteiger partial charge in [-0.25, -0.2) is 4.98 Å². The van der Waals surface area contributed by atoms with E-state index in [0.717, 1.165) is 6.39 Å². The van der Waals surface area contributed by atoms with Crippen LogP contribution >= 0.6 is 0 Å². The van der Waals surface area contributed by atoms with Gasteiger partial charge in [0.05, 0.1) is 12.0 Å². The van der Waals surface area contributed by atoms with Crippen molar-refractivity contribution >= 4 is 17.4 Å². The lowest BCUT2D eigenvalue weighted by atomic mass is 10.1. The number of amides is 1. The van der Waals surface area contributed by atoms with Crippen LogP contribution in [0.25, 0.3) is 11.5 Å². The summed E-state index contributed by atoms with van der Waals surface area (Å²) in [6.07, 6.45) is 2.61. The lowest BCUT2D eigenvalue weighted by Crippen LogP contribution is -2.15. The lowest BCUT2D eigenvalue weighted by Gasteiger charge is -2.10. The molecule has 0 unspecified atom stereocenters. The highest BCUT2D eigenvalue weighted by Crippen LogP contribution is 2.37. The molecule has 0 saturated heterocycles. The molecule has 3 heterocycles. The van der Waals surface area contributed by atoms with Gasteiger partial charge in [-0.1, -0.05) is 0 Å². The zero-order valence-electron chi connectivity index (χ0n) is 13.1. The van der Waals surface area contributed by atoms with Crippen molar-refractivity contribution in [1.29, 1.82) is 0 Å². The molecule has 4 rings (SSSR count). The summed E-state index contributed by atoms with van der Waals surface area (Å²) < 4.78 is 21.0. The number of ketones is 1. The molecule has 0 radical (unpaired) electrons. The van der Waals surface area contributed by atoms with Crippen LogP contribution in [0.15, 0.2) is 45.8 Å². The molecular weight excluding hydrogens is 328 g/mol. The number of carbonyl (C=O) groups is 2. The maximum atomic E-state index is 12.6. The van der Waals surface area contributed by atoms with Crippen molar-refractivity contribution in [1.82, 2.24) is 4.98 Å². The van der Waals surface area contributed by atoms with E-state index in [0.29, 0.717) is 28.5 Å². The Balaban J connectivity index is 1.68. The molecule has 0 saturated carbocycles. The second-order valence-electron chi connectivity index (χ2n) is 5.27. The third-order valence-electron chi connectivity index (χ3n) is 3.67. The Morgan fingerprint density at radius 3 is 2.68 bits per heavy atom. The number of nitrogens with zero attached hydrogens (tertiary/aromatic N) is 1. The first kappa shape index (κ1) is 15.0. The summed E-state index contributed by atoms with van der Waals surface area (Å²) in [5.74, 6) is 0.724. The molecule has 0 spiro atoms. The van der Waals surface area contributed by atoms with Gasteiger partial charge in [0.2, 0.25) is 12.6 Å². The lowest BCUT2D eigenvalue weighted by molar-refractivity contribution is 0.101. The maximum Gasteiger partial charge on any atom is 0.278 e. The van der Waals surface area contributed by atoms with Gasteiger partial charge < -0.3 is 23.6 Å². The van der Waals surface area contributed by atoms with Crippen LogP contribution in [0.1, 0.15) is 27.8 Å². The molecule has 1 amide bonds. The molecule has 0 bridgehead atoms. The van der Waals surface area contributed by atoms with E-state index in [9.17, 15) is 9.59 Å². The molecule has 8 heteroatoms. The Hall–Kier alpha value is -3.55. The largest absolute Gasteiger partial charge is 0.461 e. The van der Waals surface area contributed by atoms with E-state index in [-0.39, 0.29) is 24.0 Å². The van der Waals surface area contributed by atoms with E-state index >= 15 is 0 Å². The van der Waals surface area contributed by atoms with Crippen molar-refractivity contribution in [2.45, 2.75) is 6.92 Å². The molecule has 1 N–H and O–H groups in total. The zero-order chi connectivity index (χ0) is 17.4. The van der Waals surface area contributed by atoms with Crippen molar-refractivity contribution in [3.63, 3.8) is 0 Å². The molecule has 126 valence electrons. The number of hydrogen-bond acceptors (Lipinski definition) is 7. The summed E-state index contributed by atoms with van der Waals surface area (Å²) in [5, 5.41) is 2.67. The van der Waals surface area contributed by atoms with E-state index < -0.39 is 5.91 Å². The molecule has 0 fully saturated rings. The predicted octanol–water partition coefficient (Wildman–Crippen LogP) is 3.12. The second-order valence-corrected chi connectivity index (χ2v) is 5.27. The molecule has 2 aromatic heterocycles. The second kappa shape index (κ2) is 5.82. The highest BCUT2D eigenvalue weighted by Gasteiger charge is 2.24. The minimum absolute atomic E-state index is 0.0436. The fraction of sp³-hybridized carbons (Fsp3) is 0.118. The normalized spacial score (nSPS) is 12.2. The van der Waals surface area contributed by atoms with Crippen LogP contribution in [0.5, 0.6) is 11.5 Å². The molecular formula is C17H12N2O6. The summed E-state index contributed by atoms with van der Waals surface area (Å²) >= 11 is 0. The molecule has 8 nitrogen and oxygen atoms in total. The van der Waals surface area contributed by atoms with E-state index in [2.05, 4.69) is 10.3 Å². The average Bonchev–Trinajstić information content (AvgIpc) is 3.33. The van der Waals surface area contributed by atoms with E-state index in [1.54, 1.807) is 18.2 Å². The first-order chi connectivity index (χ1) is 12.1. The van der Waals surface area contributed by atoms with Crippen LogP contribution in [-0.4, -0.2) is 23.5 Å². The number of nitrogens with one attached hydrogen (secondary N) is 1. The van der Waals surface area contributed by atoms with Crippen LogP contribution in [0.3, 0.4) is 0 Å². The van der Waals surface area contributed by atoms with Gasteiger partial charge in [-0.3, -0.25) is 9.59 Å².